The van der Waals surface area contributed by atoms with Gasteiger partial charge in [-0.15, -0.1) is 0 Å². The third-order valence-electron chi connectivity index (χ3n) is 4.50. The summed E-state index contributed by atoms with van der Waals surface area (Å²) in [5, 5.41) is 0. The van der Waals surface area contributed by atoms with Gasteiger partial charge in [0.25, 0.3) is 0 Å². The molecule has 0 aromatic heterocycles. The van der Waals surface area contributed by atoms with Gasteiger partial charge in [0.1, 0.15) is 23.2 Å². The smallest absolute Gasteiger partial charge is 0.331 e. The number of carbonyl (C=O) groups excluding carboxylic acids is 1. The van der Waals surface area contributed by atoms with E-state index in [0.717, 1.165) is 28.2 Å². The van der Waals surface area contributed by atoms with Crippen LogP contribution in [0.1, 0.15) is 56.4 Å². The van der Waals surface area contributed by atoms with E-state index in [2.05, 4.69) is 13.0 Å². The van der Waals surface area contributed by atoms with Gasteiger partial charge in [0.2, 0.25) is 0 Å². The molecular formula is C23H26O4. The number of benzene rings is 2. The number of hydrogen-bond acceptors (Lipinski definition) is 4. The summed E-state index contributed by atoms with van der Waals surface area (Å²) >= 11 is 0. The van der Waals surface area contributed by atoms with E-state index >= 15 is 0 Å². The zero-order chi connectivity index (χ0) is 19.6. The van der Waals surface area contributed by atoms with Crippen molar-refractivity contribution < 1.29 is 19.0 Å². The van der Waals surface area contributed by atoms with E-state index in [9.17, 15) is 4.79 Å². The molecule has 0 N–H and O–H groups in total. The second-order valence-corrected chi connectivity index (χ2v) is 7.76. The van der Waals surface area contributed by atoms with Crippen molar-refractivity contribution in [1.29, 1.82) is 0 Å². The van der Waals surface area contributed by atoms with Gasteiger partial charge in [0, 0.05) is 17.6 Å². The zero-order valence-electron chi connectivity index (χ0n) is 16.5. The monoisotopic (exact) mass is 366 g/mol. The lowest BCUT2D eigenvalue weighted by Gasteiger charge is -2.17. The van der Waals surface area contributed by atoms with Crippen LogP contribution >= 0.6 is 0 Å². The normalized spacial score (nSPS) is 18.9. The molecule has 3 rings (SSSR count). The predicted octanol–water partition coefficient (Wildman–Crippen LogP) is 5.29. The number of methoxy groups -OCH3 is 1. The second kappa shape index (κ2) is 7.47. The highest BCUT2D eigenvalue weighted by Gasteiger charge is 2.32. The van der Waals surface area contributed by atoms with Gasteiger partial charge in [-0.05, 0) is 62.2 Å². The Kier molecular flexibility index (Phi) is 5.26. The maximum atomic E-state index is 11.9. The van der Waals surface area contributed by atoms with Crippen molar-refractivity contribution in [3.8, 4) is 11.5 Å². The Hall–Kier alpha value is -2.75. The van der Waals surface area contributed by atoms with Crippen molar-refractivity contribution in [2.75, 3.05) is 7.11 Å². The van der Waals surface area contributed by atoms with Crippen LogP contribution < -0.4 is 9.47 Å². The van der Waals surface area contributed by atoms with Crippen LogP contribution in [0.15, 0.2) is 48.5 Å². The van der Waals surface area contributed by atoms with E-state index in [0.29, 0.717) is 0 Å². The van der Waals surface area contributed by atoms with E-state index in [1.807, 2.05) is 57.2 Å². The molecule has 1 aliphatic rings. The van der Waals surface area contributed by atoms with Crippen molar-refractivity contribution in [2.45, 2.75) is 45.3 Å². The summed E-state index contributed by atoms with van der Waals surface area (Å²) in [4.78, 5) is 11.9. The molecule has 27 heavy (non-hydrogen) atoms. The number of carbonyl (C=O) groups is 1. The van der Waals surface area contributed by atoms with Crippen LogP contribution in [0, 0.1) is 0 Å². The fourth-order valence-electron chi connectivity index (χ4n) is 3.19. The van der Waals surface area contributed by atoms with E-state index in [1.165, 1.54) is 6.08 Å². The minimum atomic E-state index is -0.493. The fraction of sp³-hybridized carbons (Fsp3) is 0.348. The summed E-state index contributed by atoms with van der Waals surface area (Å²) in [6, 6.07) is 14.0. The Morgan fingerprint density at radius 1 is 1.11 bits per heavy atom. The molecule has 142 valence electrons. The minimum Gasteiger partial charge on any atom is -0.497 e. The van der Waals surface area contributed by atoms with Crippen LogP contribution in [0.3, 0.4) is 0 Å². The van der Waals surface area contributed by atoms with Crippen LogP contribution in [-0.2, 0) is 9.53 Å². The van der Waals surface area contributed by atoms with Crippen molar-refractivity contribution in [3.05, 3.63) is 65.2 Å². The lowest BCUT2D eigenvalue weighted by Crippen LogP contribution is -2.22. The summed E-state index contributed by atoms with van der Waals surface area (Å²) in [7, 11) is 1.66. The van der Waals surface area contributed by atoms with E-state index in [4.69, 9.17) is 14.2 Å². The molecule has 0 radical (unpaired) electrons. The van der Waals surface area contributed by atoms with Crippen molar-refractivity contribution in [2.24, 2.45) is 0 Å². The Balaban J connectivity index is 1.75. The molecule has 0 fully saturated rings. The third kappa shape index (κ3) is 4.51. The Bertz CT molecular complexity index is 844. The highest BCUT2D eigenvalue weighted by Crippen LogP contribution is 2.46. The summed E-state index contributed by atoms with van der Waals surface area (Å²) in [5.41, 5.74) is 2.71. The molecule has 4 nitrogen and oxygen atoms in total. The SMILES string of the molecule is COc1ccc([C@H]2Oc3ccc(/C=C/C(=O)OC(C)(C)C)cc3[C@@H]2C)cc1. The number of hydrogen-bond donors (Lipinski definition) is 0. The number of fused-ring (bicyclic) bond motifs is 1. The molecule has 4 heteroatoms. The lowest BCUT2D eigenvalue weighted by atomic mass is 9.92. The van der Waals surface area contributed by atoms with Gasteiger partial charge < -0.3 is 14.2 Å². The number of ether oxygens (including phenoxy) is 3. The molecule has 0 bridgehead atoms. The maximum absolute atomic E-state index is 11.9. The average Bonchev–Trinajstić information content (AvgIpc) is 2.95. The van der Waals surface area contributed by atoms with Gasteiger partial charge in [-0.2, -0.15) is 0 Å². The van der Waals surface area contributed by atoms with Crippen molar-refractivity contribution >= 4 is 12.0 Å². The molecule has 0 amide bonds. The summed E-state index contributed by atoms with van der Waals surface area (Å²) < 4.78 is 16.7. The second-order valence-electron chi connectivity index (χ2n) is 7.76. The fourth-order valence-corrected chi connectivity index (χ4v) is 3.19. The molecule has 0 unspecified atom stereocenters. The van der Waals surface area contributed by atoms with Crippen LogP contribution in [0.5, 0.6) is 11.5 Å². The van der Waals surface area contributed by atoms with Crippen LogP contribution in [-0.4, -0.2) is 18.7 Å². The molecule has 2 atom stereocenters. The Labute approximate surface area is 160 Å². The highest BCUT2D eigenvalue weighted by atomic mass is 16.6. The van der Waals surface area contributed by atoms with Gasteiger partial charge in [0.05, 0.1) is 7.11 Å². The first-order chi connectivity index (χ1) is 12.8. The molecule has 0 saturated heterocycles. The highest BCUT2D eigenvalue weighted by molar-refractivity contribution is 5.87. The van der Waals surface area contributed by atoms with Crippen molar-refractivity contribution in [3.63, 3.8) is 0 Å². The van der Waals surface area contributed by atoms with Gasteiger partial charge in [0.15, 0.2) is 0 Å². The zero-order valence-corrected chi connectivity index (χ0v) is 16.5. The molecule has 0 spiro atoms. The van der Waals surface area contributed by atoms with Gasteiger partial charge in [-0.25, -0.2) is 4.79 Å². The quantitative estimate of drug-likeness (QED) is 0.545. The molecular weight excluding hydrogens is 340 g/mol. The van der Waals surface area contributed by atoms with Crippen LogP contribution in [0.4, 0.5) is 0 Å². The molecule has 2 aromatic rings. The molecule has 2 aromatic carbocycles. The molecule has 1 heterocycles. The minimum absolute atomic E-state index is 0.0315. The summed E-state index contributed by atoms with van der Waals surface area (Å²) in [6.07, 6.45) is 3.21. The standard InChI is InChI=1S/C23H26O4/c1-15-19-14-16(7-13-21(24)27-23(2,3)4)6-12-20(19)26-22(15)17-8-10-18(25-5)11-9-17/h6-15,22H,1-5H3/b13-7+/t15-,22-/m0/s1. The van der Waals surface area contributed by atoms with E-state index in [-0.39, 0.29) is 18.0 Å². The lowest BCUT2D eigenvalue weighted by molar-refractivity contribution is -0.148. The van der Waals surface area contributed by atoms with E-state index < -0.39 is 5.60 Å². The van der Waals surface area contributed by atoms with Gasteiger partial charge >= 0.3 is 5.97 Å². The first kappa shape index (κ1) is 19.0. The topological polar surface area (TPSA) is 44.8 Å². The number of rotatable bonds is 4. The molecule has 0 saturated carbocycles. The maximum Gasteiger partial charge on any atom is 0.331 e. The molecule has 1 aliphatic heterocycles. The van der Waals surface area contributed by atoms with Crippen LogP contribution in [0.25, 0.3) is 6.08 Å². The summed E-state index contributed by atoms with van der Waals surface area (Å²) in [6.45, 7) is 7.72. The predicted molar refractivity (Wildman–Crippen MR) is 106 cm³/mol. The van der Waals surface area contributed by atoms with Crippen molar-refractivity contribution in [1.82, 2.24) is 0 Å². The number of esters is 1. The van der Waals surface area contributed by atoms with E-state index in [1.54, 1.807) is 13.2 Å². The summed E-state index contributed by atoms with van der Waals surface area (Å²) in [5.74, 6) is 1.58. The average molecular weight is 366 g/mol. The van der Waals surface area contributed by atoms with Crippen LogP contribution in [0.2, 0.25) is 0 Å². The van der Waals surface area contributed by atoms with Gasteiger partial charge in [-0.1, -0.05) is 25.1 Å². The van der Waals surface area contributed by atoms with Gasteiger partial charge in [-0.3, -0.25) is 0 Å². The first-order valence-corrected chi connectivity index (χ1v) is 9.12. The molecule has 0 aliphatic carbocycles. The Morgan fingerprint density at radius 3 is 2.44 bits per heavy atom. The largest absolute Gasteiger partial charge is 0.497 e. The third-order valence-corrected chi connectivity index (χ3v) is 4.50. The first-order valence-electron chi connectivity index (χ1n) is 9.12. The Morgan fingerprint density at radius 2 is 1.81 bits per heavy atom.